The Morgan fingerprint density at radius 2 is 1.30 bits per heavy atom. The van der Waals surface area contributed by atoms with Crippen LogP contribution in [0.4, 0.5) is 5.82 Å². The molecule has 1 saturated heterocycles. The zero-order chi connectivity index (χ0) is 22.6. The molecule has 4 aromatic rings. The van der Waals surface area contributed by atoms with Crippen LogP contribution in [0.15, 0.2) is 72.8 Å². The van der Waals surface area contributed by atoms with Crippen molar-refractivity contribution in [3.8, 4) is 22.5 Å². The minimum Gasteiger partial charge on any atom is -0.354 e. The SMILES string of the molecule is CN(C)CCN1CCN(c2ccc3nc(-c4ccccc4)c(-c4ccccc4)nc3n2)CC1. The topological polar surface area (TPSA) is 48.4 Å². The van der Waals surface area contributed by atoms with Gasteiger partial charge < -0.3 is 9.80 Å². The minimum absolute atomic E-state index is 0.695. The Morgan fingerprint density at radius 3 is 1.91 bits per heavy atom. The van der Waals surface area contributed by atoms with Crippen molar-refractivity contribution in [2.75, 3.05) is 58.3 Å². The first-order valence-corrected chi connectivity index (χ1v) is 11.6. The first-order valence-electron chi connectivity index (χ1n) is 11.6. The molecule has 0 aliphatic carbocycles. The van der Waals surface area contributed by atoms with E-state index >= 15 is 0 Å². The van der Waals surface area contributed by atoms with Crippen molar-refractivity contribution >= 4 is 17.0 Å². The van der Waals surface area contributed by atoms with Gasteiger partial charge in [0.05, 0.1) is 11.4 Å². The van der Waals surface area contributed by atoms with Gasteiger partial charge in [-0.1, -0.05) is 60.7 Å². The third kappa shape index (κ3) is 4.87. The van der Waals surface area contributed by atoms with E-state index in [2.05, 4.69) is 65.2 Å². The van der Waals surface area contributed by atoms with Crippen LogP contribution in [0, 0.1) is 0 Å². The van der Waals surface area contributed by atoms with E-state index in [-0.39, 0.29) is 0 Å². The van der Waals surface area contributed by atoms with Gasteiger partial charge in [0.15, 0.2) is 5.65 Å². The molecule has 0 spiro atoms. The highest BCUT2D eigenvalue weighted by molar-refractivity contribution is 5.85. The lowest BCUT2D eigenvalue weighted by Gasteiger charge is -2.35. The predicted octanol–water partition coefficient (Wildman–Crippen LogP) is 4.04. The highest BCUT2D eigenvalue weighted by Crippen LogP contribution is 2.31. The number of benzene rings is 2. The van der Waals surface area contributed by atoms with Crippen LogP contribution >= 0.6 is 0 Å². The van der Waals surface area contributed by atoms with Gasteiger partial charge in [0, 0.05) is 50.4 Å². The molecule has 1 fully saturated rings. The van der Waals surface area contributed by atoms with Gasteiger partial charge in [0.25, 0.3) is 0 Å². The normalized spacial score (nSPS) is 14.8. The smallest absolute Gasteiger partial charge is 0.180 e. The van der Waals surface area contributed by atoms with E-state index in [0.29, 0.717) is 5.65 Å². The molecule has 6 nitrogen and oxygen atoms in total. The molecule has 33 heavy (non-hydrogen) atoms. The van der Waals surface area contributed by atoms with Gasteiger partial charge >= 0.3 is 0 Å². The lowest BCUT2D eigenvalue weighted by Crippen LogP contribution is -2.48. The van der Waals surface area contributed by atoms with Crippen LogP contribution in [0.2, 0.25) is 0 Å². The fraction of sp³-hybridized carbons (Fsp3) is 0.296. The Kier molecular flexibility index (Phi) is 6.28. The van der Waals surface area contributed by atoms with Crippen molar-refractivity contribution in [3.63, 3.8) is 0 Å². The largest absolute Gasteiger partial charge is 0.354 e. The minimum atomic E-state index is 0.695. The molecule has 0 saturated carbocycles. The van der Waals surface area contributed by atoms with E-state index in [0.717, 1.165) is 73.1 Å². The molecule has 1 aliphatic rings. The summed E-state index contributed by atoms with van der Waals surface area (Å²) in [4.78, 5) is 22.1. The van der Waals surface area contributed by atoms with Crippen molar-refractivity contribution in [2.24, 2.45) is 0 Å². The van der Waals surface area contributed by atoms with Gasteiger partial charge in [-0.2, -0.15) is 0 Å². The zero-order valence-electron chi connectivity index (χ0n) is 19.4. The summed E-state index contributed by atoms with van der Waals surface area (Å²) in [6, 6.07) is 24.7. The molecule has 6 heteroatoms. The third-order valence-electron chi connectivity index (χ3n) is 6.17. The number of aromatic nitrogens is 3. The van der Waals surface area contributed by atoms with Crippen molar-refractivity contribution in [1.82, 2.24) is 24.8 Å². The number of hydrogen-bond acceptors (Lipinski definition) is 6. The van der Waals surface area contributed by atoms with E-state index in [1.165, 1.54) is 0 Å². The van der Waals surface area contributed by atoms with E-state index in [1.54, 1.807) is 0 Å². The Balaban J connectivity index is 1.46. The number of hydrogen-bond donors (Lipinski definition) is 0. The number of rotatable bonds is 6. The Morgan fingerprint density at radius 1 is 0.697 bits per heavy atom. The van der Waals surface area contributed by atoms with Crippen molar-refractivity contribution in [3.05, 3.63) is 72.8 Å². The molecule has 3 heterocycles. The second kappa shape index (κ2) is 9.65. The standard InChI is InChI=1S/C27H30N6/c1-31(2)15-16-32-17-19-33(20-18-32)24-14-13-23-27(29-24)30-26(22-11-7-4-8-12-22)25(28-23)21-9-5-3-6-10-21/h3-14H,15-20H2,1-2H3. The maximum atomic E-state index is 5.02. The number of piperazine rings is 1. The van der Waals surface area contributed by atoms with Crippen LogP contribution in [0.25, 0.3) is 33.7 Å². The molecule has 0 atom stereocenters. The van der Waals surface area contributed by atoms with Crippen LogP contribution in [0.3, 0.4) is 0 Å². The van der Waals surface area contributed by atoms with Crippen LogP contribution in [0.1, 0.15) is 0 Å². The number of likely N-dealkylation sites (N-methyl/N-ethyl adjacent to an activating group) is 1. The van der Waals surface area contributed by atoms with Crippen LogP contribution in [-0.2, 0) is 0 Å². The first-order chi connectivity index (χ1) is 16.2. The monoisotopic (exact) mass is 438 g/mol. The van der Waals surface area contributed by atoms with Crippen LogP contribution in [0.5, 0.6) is 0 Å². The quantitative estimate of drug-likeness (QED) is 0.453. The Bertz CT molecular complexity index is 1200. The fourth-order valence-electron chi connectivity index (χ4n) is 4.25. The summed E-state index contributed by atoms with van der Waals surface area (Å²) in [6.45, 7) is 6.28. The van der Waals surface area contributed by atoms with Crippen molar-refractivity contribution in [1.29, 1.82) is 0 Å². The number of anilines is 1. The summed E-state index contributed by atoms with van der Waals surface area (Å²) in [5.74, 6) is 0.982. The lowest BCUT2D eigenvalue weighted by atomic mass is 10.0. The van der Waals surface area contributed by atoms with Gasteiger partial charge in [-0.05, 0) is 26.2 Å². The van der Waals surface area contributed by atoms with Crippen LogP contribution in [-0.4, -0.2) is 78.1 Å². The summed E-state index contributed by atoms with van der Waals surface area (Å²) in [5, 5.41) is 0. The molecular formula is C27H30N6. The van der Waals surface area contributed by atoms with E-state index in [1.807, 2.05) is 36.4 Å². The molecule has 0 bridgehead atoms. The average Bonchev–Trinajstić information content (AvgIpc) is 2.87. The molecule has 2 aromatic heterocycles. The molecular weight excluding hydrogens is 408 g/mol. The molecule has 1 aliphatic heterocycles. The molecule has 5 rings (SSSR count). The zero-order valence-corrected chi connectivity index (χ0v) is 19.4. The second-order valence-corrected chi connectivity index (χ2v) is 8.80. The molecule has 168 valence electrons. The molecule has 0 unspecified atom stereocenters. The summed E-state index contributed by atoms with van der Waals surface area (Å²) in [5.41, 5.74) is 5.38. The molecule has 2 aromatic carbocycles. The van der Waals surface area contributed by atoms with E-state index in [9.17, 15) is 0 Å². The molecule has 0 N–H and O–H groups in total. The second-order valence-electron chi connectivity index (χ2n) is 8.80. The van der Waals surface area contributed by atoms with E-state index < -0.39 is 0 Å². The summed E-state index contributed by atoms with van der Waals surface area (Å²) in [7, 11) is 4.26. The lowest BCUT2D eigenvalue weighted by molar-refractivity contribution is 0.229. The van der Waals surface area contributed by atoms with Crippen molar-refractivity contribution < 1.29 is 0 Å². The summed E-state index contributed by atoms with van der Waals surface area (Å²) < 4.78 is 0. The Labute approximate surface area is 195 Å². The van der Waals surface area contributed by atoms with Gasteiger partial charge in [-0.3, -0.25) is 4.90 Å². The number of pyridine rings is 1. The van der Waals surface area contributed by atoms with Gasteiger partial charge in [0.1, 0.15) is 11.3 Å². The maximum Gasteiger partial charge on any atom is 0.180 e. The third-order valence-corrected chi connectivity index (χ3v) is 6.17. The molecule has 0 amide bonds. The predicted molar refractivity (Wildman–Crippen MR) is 135 cm³/mol. The van der Waals surface area contributed by atoms with E-state index in [4.69, 9.17) is 15.0 Å². The Hall–Kier alpha value is -3.35. The fourth-order valence-corrected chi connectivity index (χ4v) is 4.25. The maximum absolute atomic E-state index is 5.02. The van der Waals surface area contributed by atoms with Crippen LogP contribution < -0.4 is 4.90 Å². The highest BCUT2D eigenvalue weighted by atomic mass is 15.3. The van der Waals surface area contributed by atoms with Gasteiger partial charge in [-0.15, -0.1) is 0 Å². The van der Waals surface area contributed by atoms with Gasteiger partial charge in [-0.25, -0.2) is 15.0 Å². The highest BCUT2D eigenvalue weighted by Gasteiger charge is 2.19. The van der Waals surface area contributed by atoms with Gasteiger partial charge in [0.2, 0.25) is 0 Å². The van der Waals surface area contributed by atoms with Crippen molar-refractivity contribution in [2.45, 2.75) is 0 Å². The molecule has 0 radical (unpaired) electrons. The summed E-state index contributed by atoms with van der Waals surface area (Å²) >= 11 is 0. The average molecular weight is 439 g/mol. The summed E-state index contributed by atoms with van der Waals surface area (Å²) in [6.07, 6.45) is 0. The first kappa shape index (κ1) is 21.5. The number of fused-ring (bicyclic) bond motifs is 1. The number of nitrogens with zero attached hydrogens (tertiary/aromatic N) is 6.